The van der Waals surface area contributed by atoms with E-state index >= 15 is 0 Å². The number of hydrogen-bond donors (Lipinski definition) is 0. The monoisotopic (exact) mass is 409 g/mol. The summed E-state index contributed by atoms with van der Waals surface area (Å²) in [5, 5.41) is 13.4. The second-order valence-corrected chi connectivity index (χ2v) is 7.11. The Morgan fingerprint density at radius 3 is 2.69 bits per heavy atom. The van der Waals surface area contributed by atoms with E-state index in [1.54, 1.807) is 35.4 Å². The molecular formula is C21H14ClF2N5. The Balaban J connectivity index is 1.75. The Labute approximate surface area is 170 Å². The molecule has 3 heterocycles. The lowest BCUT2D eigenvalue weighted by molar-refractivity contribution is 0.0176. The molecule has 0 spiro atoms. The van der Waals surface area contributed by atoms with Gasteiger partial charge in [0.2, 0.25) is 0 Å². The molecule has 3 aromatic heterocycles. The number of pyridine rings is 2. The fraction of sp³-hybridized carbons (Fsp3) is 0.143. The minimum absolute atomic E-state index is 0.0187. The van der Waals surface area contributed by atoms with Gasteiger partial charge in [-0.3, -0.25) is 14.6 Å². The minimum Gasteiger partial charge on any atom is -0.263 e. The van der Waals surface area contributed by atoms with E-state index in [-0.39, 0.29) is 10.6 Å². The molecule has 1 aromatic carbocycles. The zero-order chi connectivity index (χ0) is 20.6. The normalized spacial score (nSPS) is 11.6. The fourth-order valence-electron chi connectivity index (χ4n) is 3.09. The summed E-state index contributed by atoms with van der Waals surface area (Å²) in [6, 6.07) is 10.2. The van der Waals surface area contributed by atoms with Gasteiger partial charge in [-0.05, 0) is 35.4 Å². The molecule has 0 amide bonds. The Hall–Kier alpha value is -3.37. The number of nitriles is 1. The summed E-state index contributed by atoms with van der Waals surface area (Å²) in [7, 11) is 0. The van der Waals surface area contributed by atoms with Crippen LogP contribution in [0.5, 0.6) is 0 Å². The zero-order valence-electron chi connectivity index (χ0n) is 15.3. The van der Waals surface area contributed by atoms with E-state index < -0.39 is 5.92 Å². The SMILES string of the molecule is CC(F)(F)c1cc(-c2cnc3cnn(Cc4cncc(C#N)c4)c3c2)ccc1Cl. The predicted octanol–water partition coefficient (Wildman–Crippen LogP) is 5.18. The van der Waals surface area contributed by atoms with Crippen molar-refractivity contribution in [3.8, 4) is 17.2 Å². The average Bonchev–Trinajstić information content (AvgIpc) is 3.09. The first-order valence-corrected chi connectivity index (χ1v) is 9.07. The summed E-state index contributed by atoms with van der Waals surface area (Å²) >= 11 is 5.95. The highest BCUT2D eigenvalue weighted by molar-refractivity contribution is 6.31. The lowest BCUT2D eigenvalue weighted by Gasteiger charge is -2.14. The summed E-state index contributed by atoms with van der Waals surface area (Å²) in [6.07, 6.45) is 6.41. The van der Waals surface area contributed by atoms with Crippen LogP contribution in [0.4, 0.5) is 8.78 Å². The van der Waals surface area contributed by atoms with E-state index in [0.717, 1.165) is 18.0 Å². The van der Waals surface area contributed by atoms with Crippen molar-refractivity contribution >= 4 is 22.6 Å². The lowest BCUT2D eigenvalue weighted by Crippen LogP contribution is -2.08. The number of hydrogen-bond acceptors (Lipinski definition) is 4. The number of halogens is 3. The van der Waals surface area contributed by atoms with Crippen molar-refractivity contribution in [2.75, 3.05) is 0 Å². The third-order valence-corrected chi connectivity index (χ3v) is 4.85. The van der Waals surface area contributed by atoms with Gasteiger partial charge < -0.3 is 0 Å². The summed E-state index contributed by atoms with van der Waals surface area (Å²) in [4.78, 5) is 8.46. The van der Waals surface area contributed by atoms with Crippen molar-refractivity contribution in [2.24, 2.45) is 0 Å². The molecule has 0 bridgehead atoms. The first-order valence-electron chi connectivity index (χ1n) is 8.69. The van der Waals surface area contributed by atoms with Crippen LogP contribution in [-0.4, -0.2) is 19.7 Å². The molecule has 8 heteroatoms. The van der Waals surface area contributed by atoms with Gasteiger partial charge in [0.25, 0.3) is 5.92 Å². The topological polar surface area (TPSA) is 67.4 Å². The first-order chi connectivity index (χ1) is 13.8. The molecule has 0 saturated carbocycles. The molecule has 0 N–H and O–H groups in total. The highest BCUT2D eigenvalue weighted by Gasteiger charge is 2.27. The molecular weight excluding hydrogens is 396 g/mol. The smallest absolute Gasteiger partial charge is 0.263 e. The van der Waals surface area contributed by atoms with Crippen LogP contribution in [0.2, 0.25) is 5.02 Å². The standard InChI is InChI=1S/C21H14ClF2N5/c1-21(23,24)17-5-15(2-3-18(17)22)16-6-20-19(27-10-16)11-28-29(20)12-14-4-13(7-25)8-26-9-14/h2-6,8-11H,12H2,1H3. The molecule has 0 atom stereocenters. The number of rotatable bonds is 4. The molecule has 0 saturated heterocycles. The molecule has 4 aromatic rings. The van der Waals surface area contributed by atoms with Crippen LogP contribution < -0.4 is 0 Å². The van der Waals surface area contributed by atoms with Gasteiger partial charge in [-0.25, -0.2) is 8.78 Å². The third kappa shape index (κ3) is 3.80. The second-order valence-electron chi connectivity index (χ2n) is 6.71. The molecule has 0 radical (unpaired) electrons. The number of nitrogens with zero attached hydrogens (tertiary/aromatic N) is 5. The Morgan fingerprint density at radius 2 is 1.93 bits per heavy atom. The van der Waals surface area contributed by atoms with Gasteiger partial charge in [0.1, 0.15) is 11.6 Å². The fourth-order valence-corrected chi connectivity index (χ4v) is 3.37. The molecule has 0 aliphatic rings. The quantitative estimate of drug-likeness (QED) is 0.466. The number of aromatic nitrogens is 4. The molecule has 5 nitrogen and oxygen atoms in total. The Morgan fingerprint density at radius 1 is 1.10 bits per heavy atom. The summed E-state index contributed by atoms with van der Waals surface area (Å²) in [6.45, 7) is 1.22. The van der Waals surface area contributed by atoms with Crippen LogP contribution in [0.1, 0.15) is 23.6 Å². The number of benzene rings is 1. The van der Waals surface area contributed by atoms with E-state index in [9.17, 15) is 8.78 Å². The summed E-state index contributed by atoms with van der Waals surface area (Å²) in [5.41, 5.74) is 3.72. The zero-order valence-corrected chi connectivity index (χ0v) is 16.0. The van der Waals surface area contributed by atoms with Crippen LogP contribution in [0, 0.1) is 11.3 Å². The highest BCUT2D eigenvalue weighted by Crippen LogP contribution is 2.36. The van der Waals surface area contributed by atoms with E-state index in [1.165, 1.54) is 18.3 Å². The molecule has 0 aliphatic heterocycles. The number of alkyl halides is 2. The van der Waals surface area contributed by atoms with Gasteiger partial charge >= 0.3 is 0 Å². The van der Waals surface area contributed by atoms with E-state index in [4.69, 9.17) is 16.9 Å². The van der Waals surface area contributed by atoms with Gasteiger partial charge in [0.15, 0.2) is 0 Å². The largest absolute Gasteiger partial charge is 0.271 e. The molecule has 0 aliphatic carbocycles. The third-order valence-electron chi connectivity index (χ3n) is 4.52. The van der Waals surface area contributed by atoms with Crippen molar-refractivity contribution < 1.29 is 8.78 Å². The maximum absolute atomic E-state index is 13.8. The first kappa shape index (κ1) is 19.0. The second kappa shape index (κ2) is 7.22. The highest BCUT2D eigenvalue weighted by atomic mass is 35.5. The van der Waals surface area contributed by atoms with Crippen LogP contribution in [0.3, 0.4) is 0 Å². The maximum atomic E-state index is 13.8. The lowest BCUT2D eigenvalue weighted by atomic mass is 10.0. The van der Waals surface area contributed by atoms with Gasteiger partial charge in [-0.2, -0.15) is 10.4 Å². The van der Waals surface area contributed by atoms with E-state index in [0.29, 0.717) is 28.8 Å². The Kier molecular flexibility index (Phi) is 4.73. The van der Waals surface area contributed by atoms with Crippen LogP contribution in [0.25, 0.3) is 22.2 Å². The molecule has 4 rings (SSSR count). The minimum atomic E-state index is -3.05. The summed E-state index contributed by atoms with van der Waals surface area (Å²) in [5.74, 6) is -3.05. The van der Waals surface area contributed by atoms with Crippen molar-refractivity contribution in [1.29, 1.82) is 5.26 Å². The predicted molar refractivity (Wildman–Crippen MR) is 106 cm³/mol. The maximum Gasteiger partial charge on any atom is 0.271 e. The number of fused-ring (bicyclic) bond motifs is 1. The van der Waals surface area contributed by atoms with E-state index in [1.807, 2.05) is 6.07 Å². The van der Waals surface area contributed by atoms with E-state index in [2.05, 4.69) is 21.1 Å². The van der Waals surface area contributed by atoms with Crippen molar-refractivity contribution in [2.45, 2.75) is 19.4 Å². The van der Waals surface area contributed by atoms with Crippen molar-refractivity contribution in [3.63, 3.8) is 0 Å². The summed E-state index contributed by atoms with van der Waals surface area (Å²) < 4.78 is 29.4. The average molecular weight is 410 g/mol. The van der Waals surface area contributed by atoms with Crippen LogP contribution >= 0.6 is 11.6 Å². The Bertz CT molecular complexity index is 1250. The van der Waals surface area contributed by atoms with Crippen molar-refractivity contribution in [3.05, 3.63) is 76.8 Å². The van der Waals surface area contributed by atoms with Gasteiger partial charge in [0.05, 0.1) is 23.8 Å². The van der Waals surface area contributed by atoms with Gasteiger partial charge in [-0.1, -0.05) is 17.7 Å². The van der Waals surface area contributed by atoms with Crippen LogP contribution in [-0.2, 0) is 12.5 Å². The van der Waals surface area contributed by atoms with Crippen LogP contribution in [0.15, 0.2) is 55.1 Å². The van der Waals surface area contributed by atoms with Crippen molar-refractivity contribution in [1.82, 2.24) is 19.7 Å². The molecule has 0 fully saturated rings. The van der Waals surface area contributed by atoms with Gasteiger partial charge in [0, 0.05) is 41.7 Å². The van der Waals surface area contributed by atoms with Gasteiger partial charge in [-0.15, -0.1) is 0 Å². The molecule has 29 heavy (non-hydrogen) atoms. The molecule has 144 valence electrons. The molecule has 0 unspecified atom stereocenters.